The van der Waals surface area contributed by atoms with Gasteiger partial charge in [0.2, 0.25) is 11.7 Å². The van der Waals surface area contributed by atoms with Crippen LogP contribution in [-0.2, 0) is 6.42 Å². The van der Waals surface area contributed by atoms with E-state index in [0.717, 1.165) is 12.2 Å². The van der Waals surface area contributed by atoms with Gasteiger partial charge in [0.1, 0.15) is 5.69 Å². The lowest BCUT2D eigenvalue weighted by atomic mass is 10.2. The smallest absolute Gasteiger partial charge is 0.228 e. The second kappa shape index (κ2) is 6.13. The molecule has 1 aromatic carbocycles. The Balaban J connectivity index is 1.60. The first-order chi connectivity index (χ1) is 10.3. The molecule has 0 fully saturated rings. The molecule has 0 saturated carbocycles. The Labute approximate surface area is 122 Å². The molecule has 1 N–H and O–H groups in total. The number of nitrogens with one attached hydrogen (secondary N) is 1. The van der Waals surface area contributed by atoms with Crippen molar-refractivity contribution in [3.8, 4) is 11.5 Å². The third-order valence-corrected chi connectivity index (χ3v) is 3.06. The van der Waals surface area contributed by atoms with Gasteiger partial charge in [0, 0.05) is 31.0 Å². The van der Waals surface area contributed by atoms with E-state index < -0.39 is 0 Å². The summed E-state index contributed by atoms with van der Waals surface area (Å²) in [5.74, 6) is 1.05. The van der Waals surface area contributed by atoms with Crippen LogP contribution in [0.1, 0.15) is 11.5 Å². The summed E-state index contributed by atoms with van der Waals surface area (Å²) < 4.78 is 5.22. The highest BCUT2D eigenvalue weighted by molar-refractivity contribution is 5.50. The minimum atomic E-state index is 0.467. The molecule has 6 nitrogen and oxygen atoms in total. The highest BCUT2D eigenvalue weighted by Gasteiger charge is 2.09. The molecule has 106 valence electrons. The van der Waals surface area contributed by atoms with Crippen LogP contribution >= 0.6 is 0 Å². The van der Waals surface area contributed by atoms with Gasteiger partial charge in [-0.15, -0.1) is 0 Å². The van der Waals surface area contributed by atoms with Crippen molar-refractivity contribution in [2.45, 2.75) is 13.3 Å². The van der Waals surface area contributed by atoms with Crippen LogP contribution in [0.5, 0.6) is 0 Å². The van der Waals surface area contributed by atoms with Gasteiger partial charge in [0.25, 0.3) is 0 Å². The largest absolute Gasteiger partial charge is 0.384 e. The van der Waals surface area contributed by atoms with Crippen molar-refractivity contribution in [2.24, 2.45) is 0 Å². The van der Waals surface area contributed by atoms with Crippen LogP contribution in [0.2, 0.25) is 0 Å². The molecular weight excluding hydrogens is 266 g/mol. The zero-order valence-corrected chi connectivity index (χ0v) is 11.7. The third kappa shape index (κ3) is 3.22. The van der Waals surface area contributed by atoms with E-state index in [2.05, 4.69) is 38.4 Å². The number of hydrogen-bond acceptors (Lipinski definition) is 6. The quantitative estimate of drug-likeness (QED) is 0.774. The van der Waals surface area contributed by atoms with E-state index in [0.29, 0.717) is 23.8 Å². The van der Waals surface area contributed by atoms with Crippen LogP contribution in [-0.4, -0.2) is 26.7 Å². The van der Waals surface area contributed by atoms with Gasteiger partial charge in [-0.2, -0.15) is 4.98 Å². The summed E-state index contributed by atoms with van der Waals surface area (Å²) in [6.45, 7) is 2.80. The van der Waals surface area contributed by atoms with Crippen molar-refractivity contribution in [1.82, 2.24) is 20.1 Å². The number of nitrogens with zero attached hydrogens (tertiary/aromatic N) is 4. The van der Waals surface area contributed by atoms with E-state index in [1.807, 2.05) is 18.2 Å². The summed E-state index contributed by atoms with van der Waals surface area (Å²) in [5, 5.41) is 7.27. The van der Waals surface area contributed by atoms with Crippen molar-refractivity contribution < 1.29 is 4.52 Å². The van der Waals surface area contributed by atoms with Crippen molar-refractivity contribution in [2.75, 3.05) is 11.9 Å². The lowest BCUT2D eigenvalue weighted by Crippen LogP contribution is -2.06. The van der Waals surface area contributed by atoms with Crippen LogP contribution in [0.3, 0.4) is 0 Å². The summed E-state index contributed by atoms with van der Waals surface area (Å²) in [6, 6.07) is 8.15. The molecule has 2 heterocycles. The highest BCUT2D eigenvalue weighted by atomic mass is 16.5. The van der Waals surface area contributed by atoms with Crippen molar-refractivity contribution in [1.29, 1.82) is 0 Å². The second-order valence-corrected chi connectivity index (χ2v) is 4.59. The number of benzene rings is 1. The molecule has 6 heteroatoms. The van der Waals surface area contributed by atoms with Gasteiger partial charge in [-0.25, -0.2) is 4.98 Å². The number of aryl methyl sites for hydroxylation is 1. The molecule has 3 rings (SSSR count). The molecule has 0 radical (unpaired) electrons. The summed E-state index contributed by atoms with van der Waals surface area (Å²) >= 11 is 0. The molecule has 0 aliphatic heterocycles. The maximum atomic E-state index is 5.22. The topological polar surface area (TPSA) is 76.7 Å². The second-order valence-electron chi connectivity index (χ2n) is 4.59. The normalized spacial score (nSPS) is 10.5. The third-order valence-electron chi connectivity index (χ3n) is 3.06. The monoisotopic (exact) mass is 281 g/mol. The number of rotatable bonds is 5. The van der Waals surface area contributed by atoms with Crippen molar-refractivity contribution in [3.63, 3.8) is 0 Å². The minimum absolute atomic E-state index is 0.467. The number of hydrogen-bond donors (Lipinski definition) is 1. The van der Waals surface area contributed by atoms with Gasteiger partial charge < -0.3 is 9.84 Å². The molecule has 0 aliphatic carbocycles. The molecule has 0 unspecified atom stereocenters. The van der Waals surface area contributed by atoms with E-state index in [4.69, 9.17) is 4.52 Å². The lowest BCUT2D eigenvalue weighted by Gasteiger charge is -2.07. The molecule has 0 spiro atoms. The molecule has 21 heavy (non-hydrogen) atoms. The number of anilines is 1. The average Bonchev–Trinajstić information content (AvgIpc) is 2.99. The van der Waals surface area contributed by atoms with Crippen LogP contribution < -0.4 is 5.32 Å². The highest BCUT2D eigenvalue weighted by Crippen LogP contribution is 2.14. The Bertz CT molecular complexity index is 711. The fraction of sp³-hybridized carbons (Fsp3) is 0.200. The van der Waals surface area contributed by atoms with Crippen LogP contribution in [0.25, 0.3) is 11.5 Å². The lowest BCUT2D eigenvalue weighted by molar-refractivity contribution is 0.381. The Morgan fingerprint density at radius 1 is 1.19 bits per heavy atom. The first-order valence-corrected chi connectivity index (χ1v) is 6.71. The van der Waals surface area contributed by atoms with Crippen LogP contribution in [0.15, 0.2) is 47.4 Å². The van der Waals surface area contributed by atoms with Crippen LogP contribution in [0.4, 0.5) is 5.69 Å². The predicted molar refractivity (Wildman–Crippen MR) is 78.7 cm³/mol. The van der Waals surface area contributed by atoms with Gasteiger partial charge in [-0.1, -0.05) is 23.4 Å². The summed E-state index contributed by atoms with van der Waals surface area (Å²) in [6.07, 6.45) is 5.48. The molecule has 0 atom stereocenters. The SMILES string of the molecule is Cc1ccccc1NCCc1nc(-c2cnccn2)no1. The molecular formula is C15H15N5O. The first-order valence-electron chi connectivity index (χ1n) is 6.71. The van der Waals surface area contributed by atoms with Crippen molar-refractivity contribution >= 4 is 5.69 Å². The molecule has 0 bridgehead atoms. The van der Waals surface area contributed by atoms with Gasteiger partial charge in [0.05, 0.1) is 6.20 Å². The van der Waals surface area contributed by atoms with E-state index >= 15 is 0 Å². The average molecular weight is 281 g/mol. The molecule has 3 aromatic rings. The molecule has 0 aliphatic rings. The maximum absolute atomic E-state index is 5.22. The van der Waals surface area contributed by atoms with Gasteiger partial charge in [-0.3, -0.25) is 4.98 Å². The fourth-order valence-electron chi connectivity index (χ4n) is 1.95. The van der Waals surface area contributed by atoms with Crippen LogP contribution in [0, 0.1) is 6.92 Å². The van der Waals surface area contributed by atoms with Gasteiger partial charge in [-0.05, 0) is 18.6 Å². The van der Waals surface area contributed by atoms with E-state index in [1.165, 1.54) is 5.56 Å². The summed E-state index contributed by atoms with van der Waals surface area (Å²) in [7, 11) is 0. The first kappa shape index (κ1) is 13.2. The fourth-order valence-corrected chi connectivity index (χ4v) is 1.95. The summed E-state index contributed by atoms with van der Waals surface area (Å²) in [4.78, 5) is 12.4. The van der Waals surface area contributed by atoms with E-state index in [1.54, 1.807) is 18.6 Å². The Hall–Kier alpha value is -2.76. The molecule has 0 amide bonds. The number of aromatic nitrogens is 4. The Kier molecular flexibility index (Phi) is 3.86. The number of para-hydroxylation sites is 1. The maximum Gasteiger partial charge on any atom is 0.228 e. The molecule has 0 saturated heterocycles. The van der Waals surface area contributed by atoms with E-state index in [9.17, 15) is 0 Å². The van der Waals surface area contributed by atoms with Gasteiger partial charge >= 0.3 is 0 Å². The minimum Gasteiger partial charge on any atom is -0.384 e. The molecule has 2 aromatic heterocycles. The van der Waals surface area contributed by atoms with Gasteiger partial charge in [0.15, 0.2) is 0 Å². The van der Waals surface area contributed by atoms with E-state index in [-0.39, 0.29) is 0 Å². The van der Waals surface area contributed by atoms with Crippen molar-refractivity contribution in [3.05, 3.63) is 54.3 Å². The standard InChI is InChI=1S/C15H15N5O/c1-11-4-2-3-5-12(11)17-7-6-14-19-15(20-21-14)13-10-16-8-9-18-13/h2-5,8-10,17H,6-7H2,1H3. The Morgan fingerprint density at radius 2 is 2.10 bits per heavy atom. The zero-order valence-electron chi connectivity index (χ0n) is 11.7. The summed E-state index contributed by atoms with van der Waals surface area (Å²) in [5.41, 5.74) is 2.94. The predicted octanol–water partition coefficient (Wildman–Crippen LogP) is 2.49. The zero-order chi connectivity index (χ0) is 14.5. The Morgan fingerprint density at radius 3 is 2.90 bits per heavy atom.